The van der Waals surface area contributed by atoms with E-state index in [1.54, 1.807) is 29.0 Å². The van der Waals surface area contributed by atoms with Crippen molar-refractivity contribution in [3.63, 3.8) is 0 Å². The van der Waals surface area contributed by atoms with Gasteiger partial charge in [-0.1, -0.05) is 18.2 Å². The Hall–Kier alpha value is -3.94. The molecule has 8 heteroatoms. The summed E-state index contributed by atoms with van der Waals surface area (Å²) in [5, 5.41) is 16.2. The number of carbonyl (C=O) groups is 1. The van der Waals surface area contributed by atoms with E-state index < -0.39 is 4.92 Å². The highest BCUT2D eigenvalue weighted by Crippen LogP contribution is 2.33. The number of aromatic nitrogens is 2. The quantitative estimate of drug-likeness (QED) is 0.325. The van der Waals surface area contributed by atoms with Gasteiger partial charge in [0.25, 0.3) is 0 Å². The standard InChI is InChI=1S/C24H24N4O4/c1-32-22-12-10-18(16-21(22)28(30)31)24-19(11-13-23(29)26-14-6-3-7-15-26)17-27(25-24)20-8-4-2-5-9-20/h2,4-5,8-13,16-17H,3,6-7,14-15H2,1H3. The number of nitro groups is 1. The lowest BCUT2D eigenvalue weighted by Crippen LogP contribution is -2.34. The summed E-state index contributed by atoms with van der Waals surface area (Å²) in [4.78, 5) is 25.5. The van der Waals surface area contributed by atoms with Gasteiger partial charge in [-0.15, -0.1) is 0 Å². The maximum absolute atomic E-state index is 12.6. The summed E-state index contributed by atoms with van der Waals surface area (Å²) >= 11 is 0. The van der Waals surface area contributed by atoms with E-state index in [1.165, 1.54) is 13.2 Å². The molecule has 1 aliphatic heterocycles. The minimum Gasteiger partial charge on any atom is -0.490 e. The third-order valence-electron chi connectivity index (χ3n) is 5.49. The predicted octanol–water partition coefficient (Wildman–Crippen LogP) is 4.48. The van der Waals surface area contributed by atoms with E-state index in [2.05, 4.69) is 5.10 Å². The molecule has 1 aromatic heterocycles. The topological polar surface area (TPSA) is 90.5 Å². The Morgan fingerprint density at radius 3 is 2.56 bits per heavy atom. The fourth-order valence-electron chi connectivity index (χ4n) is 3.81. The minimum absolute atomic E-state index is 0.0381. The van der Waals surface area contributed by atoms with Crippen LogP contribution < -0.4 is 4.74 Å². The number of piperidine rings is 1. The molecule has 0 bridgehead atoms. The first-order valence-corrected chi connectivity index (χ1v) is 10.5. The number of nitrogens with zero attached hydrogens (tertiary/aromatic N) is 4. The van der Waals surface area contributed by atoms with Crippen molar-refractivity contribution in [1.82, 2.24) is 14.7 Å². The second kappa shape index (κ2) is 9.47. The summed E-state index contributed by atoms with van der Waals surface area (Å²) in [5.74, 6) is 0.141. The SMILES string of the molecule is COc1ccc(-c2nn(-c3ccccc3)cc2C=CC(=O)N2CCCCC2)cc1[N+](=O)[O-]. The second-order valence-corrected chi connectivity index (χ2v) is 7.58. The zero-order valence-corrected chi connectivity index (χ0v) is 17.8. The van der Waals surface area contributed by atoms with Gasteiger partial charge in [0.1, 0.15) is 5.69 Å². The van der Waals surface area contributed by atoms with Crippen LogP contribution in [0.15, 0.2) is 60.8 Å². The van der Waals surface area contributed by atoms with Crippen LogP contribution in [0.5, 0.6) is 5.75 Å². The number of rotatable bonds is 6. The molecular weight excluding hydrogens is 408 g/mol. The van der Waals surface area contributed by atoms with Crippen molar-refractivity contribution in [1.29, 1.82) is 0 Å². The molecule has 1 aliphatic rings. The summed E-state index contributed by atoms with van der Waals surface area (Å²) in [6, 6.07) is 14.3. The largest absolute Gasteiger partial charge is 0.490 e. The second-order valence-electron chi connectivity index (χ2n) is 7.58. The van der Waals surface area contributed by atoms with E-state index in [4.69, 9.17) is 4.74 Å². The van der Waals surface area contributed by atoms with Crippen LogP contribution in [-0.2, 0) is 4.79 Å². The average Bonchev–Trinajstić information content (AvgIpc) is 3.27. The van der Waals surface area contributed by atoms with Gasteiger partial charge in [0.2, 0.25) is 5.91 Å². The summed E-state index contributed by atoms with van der Waals surface area (Å²) < 4.78 is 6.82. The number of amides is 1. The lowest BCUT2D eigenvalue weighted by Gasteiger charge is -2.25. The molecule has 8 nitrogen and oxygen atoms in total. The summed E-state index contributed by atoms with van der Waals surface area (Å²) in [5.41, 5.74) is 2.51. The highest BCUT2D eigenvalue weighted by molar-refractivity contribution is 5.93. The molecule has 32 heavy (non-hydrogen) atoms. The minimum atomic E-state index is -0.480. The Morgan fingerprint density at radius 2 is 1.88 bits per heavy atom. The fourth-order valence-corrected chi connectivity index (χ4v) is 3.81. The van der Waals surface area contributed by atoms with Crippen molar-refractivity contribution in [2.45, 2.75) is 19.3 Å². The molecule has 1 saturated heterocycles. The normalized spacial score (nSPS) is 14.0. The van der Waals surface area contributed by atoms with Gasteiger partial charge in [0, 0.05) is 42.6 Å². The molecule has 2 heterocycles. The Labute approximate surface area is 185 Å². The Balaban J connectivity index is 1.74. The average molecular weight is 432 g/mol. The Kier molecular flexibility index (Phi) is 6.30. The zero-order chi connectivity index (χ0) is 22.5. The molecule has 164 valence electrons. The van der Waals surface area contributed by atoms with E-state index in [-0.39, 0.29) is 17.3 Å². The molecule has 1 amide bonds. The van der Waals surface area contributed by atoms with Gasteiger partial charge in [-0.25, -0.2) is 4.68 Å². The van der Waals surface area contributed by atoms with Crippen LogP contribution in [0.4, 0.5) is 5.69 Å². The molecule has 1 fully saturated rings. The van der Waals surface area contributed by atoms with Crippen molar-refractivity contribution >= 4 is 17.7 Å². The van der Waals surface area contributed by atoms with Crippen molar-refractivity contribution in [2.24, 2.45) is 0 Å². The molecule has 0 saturated carbocycles. The van der Waals surface area contributed by atoms with Crippen molar-refractivity contribution in [3.8, 4) is 22.7 Å². The first-order valence-electron chi connectivity index (χ1n) is 10.5. The highest BCUT2D eigenvalue weighted by atomic mass is 16.6. The molecule has 0 unspecified atom stereocenters. The Morgan fingerprint density at radius 1 is 1.12 bits per heavy atom. The third kappa shape index (κ3) is 4.54. The van der Waals surface area contributed by atoms with Crippen LogP contribution in [0.25, 0.3) is 23.0 Å². The van der Waals surface area contributed by atoms with Gasteiger partial charge in [-0.2, -0.15) is 5.10 Å². The molecule has 2 aromatic carbocycles. The van der Waals surface area contributed by atoms with Crippen molar-refractivity contribution in [3.05, 3.63) is 76.5 Å². The van der Waals surface area contributed by atoms with E-state index >= 15 is 0 Å². The lowest BCUT2D eigenvalue weighted by atomic mass is 10.1. The summed E-state index contributed by atoms with van der Waals surface area (Å²) in [6.45, 7) is 1.54. The first-order chi connectivity index (χ1) is 15.6. The van der Waals surface area contributed by atoms with Gasteiger partial charge in [-0.3, -0.25) is 14.9 Å². The van der Waals surface area contributed by atoms with Crippen LogP contribution in [0.3, 0.4) is 0 Å². The number of hydrogen-bond acceptors (Lipinski definition) is 5. The van der Waals surface area contributed by atoms with Crippen molar-refractivity contribution < 1.29 is 14.5 Å². The van der Waals surface area contributed by atoms with E-state index in [1.807, 2.05) is 41.4 Å². The highest BCUT2D eigenvalue weighted by Gasteiger charge is 2.20. The van der Waals surface area contributed by atoms with Gasteiger partial charge in [0.05, 0.1) is 17.7 Å². The summed E-state index contributed by atoms with van der Waals surface area (Å²) in [6.07, 6.45) is 8.30. The number of methoxy groups -OCH3 is 1. The van der Waals surface area contributed by atoms with Gasteiger partial charge >= 0.3 is 5.69 Å². The molecule has 4 rings (SSSR count). The van der Waals surface area contributed by atoms with Crippen LogP contribution in [0, 0.1) is 10.1 Å². The van der Waals surface area contributed by atoms with E-state index in [9.17, 15) is 14.9 Å². The van der Waals surface area contributed by atoms with Crippen LogP contribution >= 0.6 is 0 Å². The van der Waals surface area contributed by atoms with Crippen LogP contribution in [0.1, 0.15) is 24.8 Å². The third-order valence-corrected chi connectivity index (χ3v) is 5.49. The van der Waals surface area contributed by atoms with E-state index in [0.29, 0.717) is 16.8 Å². The number of likely N-dealkylation sites (tertiary alicyclic amines) is 1. The molecule has 0 radical (unpaired) electrons. The number of benzene rings is 2. The number of ether oxygens (including phenoxy) is 1. The molecule has 0 aliphatic carbocycles. The number of para-hydroxylation sites is 1. The smallest absolute Gasteiger partial charge is 0.311 e. The van der Waals surface area contributed by atoms with E-state index in [0.717, 1.165) is 38.0 Å². The fraction of sp³-hybridized carbons (Fsp3) is 0.250. The van der Waals surface area contributed by atoms with Gasteiger partial charge < -0.3 is 9.64 Å². The maximum atomic E-state index is 12.6. The van der Waals surface area contributed by atoms with Crippen LogP contribution in [0.2, 0.25) is 0 Å². The molecule has 0 spiro atoms. The predicted molar refractivity (Wildman–Crippen MR) is 122 cm³/mol. The molecule has 0 atom stereocenters. The molecule has 3 aromatic rings. The lowest BCUT2D eigenvalue weighted by molar-refractivity contribution is -0.385. The summed E-state index contributed by atoms with van der Waals surface area (Å²) in [7, 11) is 1.40. The van der Waals surface area contributed by atoms with Crippen LogP contribution in [-0.4, -0.2) is 45.7 Å². The maximum Gasteiger partial charge on any atom is 0.311 e. The number of carbonyl (C=O) groups excluding carboxylic acids is 1. The molecular formula is C24H24N4O4. The van der Waals surface area contributed by atoms with Crippen molar-refractivity contribution in [2.75, 3.05) is 20.2 Å². The van der Waals surface area contributed by atoms with Gasteiger partial charge in [0.15, 0.2) is 5.75 Å². The number of hydrogen-bond donors (Lipinski definition) is 0. The Bertz CT molecular complexity index is 1150. The van der Waals surface area contributed by atoms with Gasteiger partial charge in [-0.05, 0) is 49.6 Å². The first kappa shape index (κ1) is 21.3. The number of nitro benzene ring substituents is 1. The monoisotopic (exact) mass is 432 g/mol. The zero-order valence-electron chi connectivity index (χ0n) is 17.8. The molecule has 0 N–H and O–H groups in total.